The third kappa shape index (κ3) is 6.34. The lowest BCUT2D eigenvalue weighted by molar-refractivity contribution is 0.158. The van der Waals surface area contributed by atoms with Gasteiger partial charge in [-0.15, -0.1) is 0 Å². The van der Waals surface area contributed by atoms with Gasteiger partial charge >= 0.3 is 0 Å². The number of oxime groups is 1. The lowest BCUT2D eigenvalue weighted by atomic mass is 10.2. The molecule has 0 saturated heterocycles. The summed E-state index contributed by atoms with van der Waals surface area (Å²) in [4.78, 5) is 7.18. The van der Waals surface area contributed by atoms with Crippen molar-refractivity contribution in [3.63, 3.8) is 0 Å². The summed E-state index contributed by atoms with van der Waals surface area (Å²) in [5.74, 6) is 0. The lowest BCUT2D eigenvalue weighted by Crippen LogP contribution is -2.20. The Hall–Kier alpha value is -0.830. The van der Waals surface area contributed by atoms with Crippen molar-refractivity contribution in [3.8, 4) is 0 Å². The molecule has 0 atom stereocenters. The molecule has 0 heterocycles. The molecule has 0 amide bonds. The molecule has 0 N–H and O–H groups in total. The van der Waals surface area contributed by atoms with E-state index < -0.39 is 0 Å². The van der Waals surface area contributed by atoms with E-state index in [9.17, 15) is 0 Å². The van der Waals surface area contributed by atoms with E-state index in [1.54, 1.807) is 6.08 Å². The summed E-state index contributed by atoms with van der Waals surface area (Å²) in [5.41, 5.74) is 0.919. The molecule has 76 valence electrons. The molecule has 0 unspecified atom stereocenters. The fourth-order valence-corrected chi connectivity index (χ4v) is 0.796. The molecule has 0 aromatic carbocycles. The summed E-state index contributed by atoms with van der Waals surface area (Å²) in [7, 11) is 2.08. The summed E-state index contributed by atoms with van der Waals surface area (Å²) >= 11 is 0. The van der Waals surface area contributed by atoms with Crippen molar-refractivity contribution in [2.75, 3.05) is 26.7 Å². The second-order valence-electron chi connectivity index (χ2n) is 2.85. The third-order valence-electron chi connectivity index (χ3n) is 1.84. The van der Waals surface area contributed by atoms with Crippen LogP contribution in [0.3, 0.4) is 0 Å². The summed E-state index contributed by atoms with van der Waals surface area (Å²) in [5, 5.41) is 3.94. The van der Waals surface area contributed by atoms with E-state index in [1.165, 1.54) is 0 Å². The Balaban J connectivity index is 3.77. The predicted octanol–water partition coefficient (Wildman–Crippen LogP) is 1.91. The summed E-state index contributed by atoms with van der Waals surface area (Å²) in [6.45, 7) is 10.4. The van der Waals surface area contributed by atoms with Gasteiger partial charge in [-0.25, -0.2) is 0 Å². The minimum absolute atomic E-state index is 0.612. The van der Waals surface area contributed by atoms with E-state index in [1.807, 2.05) is 6.92 Å². The average molecular weight is 184 g/mol. The van der Waals surface area contributed by atoms with Crippen LogP contribution >= 0.6 is 0 Å². The van der Waals surface area contributed by atoms with Crippen LogP contribution in [0.25, 0.3) is 0 Å². The van der Waals surface area contributed by atoms with Crippen LogP contribution in [-0.2, 0) is 4.84 Å². The van der Waals surface area contributed by atoms with Crippen molar-refractivity contribution in [1.82, 2.24) is 4.90 Å². The standard InChI is InChI=1S/C10H20N2O/c1-5-10(11-13-7-3)8-9-12(4)6-2/h5H,1,6-9H2,2-4H3/b11-10-. The Morgan fingerprint density at radius 2 is 2.23 bits per heavy atom. The van der Waals surface area contributed by atoms with Gasteiger partial charge in [0.05, 0.1) is 5.71 Å². The number of rotatable bonds is 7. The maximum Gasteiger partial charge on any atom is 0.114 e. The van der Waals surface area contributed by atoms with Gasteiger partial charge in [-0.05, 0) is 26.6 Å². The minimum atomic E-state index is 0.612. The number of allylic oxidation sites excluding steroid dienone is 1. The van der Waals surface area contributed by atoms with Gasteiger partial charge < -0.3 is 9.74 Å². The van der Waals surface area contributed by atoms with Crippen molar-refractivity contribution in [2.45, 2.75) is 20.3 Å². The van der Waals surface area contributed by atoms with Crippen LogP contribution in [-0.4, -0.2) is 37.4 Å². The summed E-state index contributed by atoms with van der Waals surface area (Å²) < 4.78 is 0. The molecular weight excluding hydrogens is 164 g/mol. The Morgan fingerprint density at radius 3 is 2.69 bits per heavy atom. The highest BCUT2D eigenvalue weighted by molar-refractivity contribution is 5.94. The van der Waals surface area contributed by atoms with Gasteiger partial charge in [0.15, 0.2) is 0 Å². The Kier molecular flexibility index (Phi) is 7.30. The minimum Gasteiger partial charge on any atom is -0.396 e. The predicted molar refractivity (Wildman–Crippen MR) is 57.0 cm³/mol. The van der Waals surface area contributed by atoms with Gasteiger partial charge in [-0.3, -0.25) is 0 Å². The Bertz CT molecular complexity index is 166. The van der Waals surface area contributed by atoms with Crippen molar-refractivity contribution in [3.05, 3.63) is 12.7 Å². The maximum atomic E-state index is 4.95. The lowest BCUT2D eigenvalue weighted by Gasteiger charge is -2.12. The van der Waals surface area contributed by atoms with Gasteiger partial charge in [-0.1, -0.05) is 18.7 Å². The molecule has 13 heavy (non-hydrogen) atoms. The molecule has 0 saturated carbocycles. The highest BCUT2D eigenvalue weighted by Gasteiger charge is 1.98. The van der Waals surface area contributed by atoms with Gasteiger partial charge in [0.25, 0.3) is 0 Å². The molecule has 0 rings (SSSR count). The molecular formula is C10H20N2O. The van der Waals surface area contributed by atoms with Crippen molar-refractivity contribution in [1.29, 1.82) is 0 Å². The van der Waals surface area contributed by atoms with Crippen LogP contribution in [0.2, 0.25) is 0 Å². The van der Waals surface area contributed by atoms with E-state index in [0.717, 1.165) is 25.2 Å². The molecule has 0 aliphatic rings. The van der Waals surface area contributed by atoms with Crippen LogP contribution in [0.4, 0.5) is 0 Å². The fraction of sp³-hybridized carbons (Fsp3) is 0.700. The fourth-order valence-electron chi connectivity index (χ4n) is 0.796. The SMILES string of the molecule is C=C/C(CCN(C)CC)=N/OCC. The van der Waals surface area contributed by atoms with E-state index in [4.69, 9.17) is 4.84 Å². The van der Waals surface area contributed by atoms with E-state index in [2.05, 4.69) is 30.6 Å². The zero-order valence-corrected chi connectivity index (χ0v) is 8.92. The quantitative estimate of drug-likeness (QED) is 0.446. The van der Waals surface area contributed by atoms with Gasteiger partial charge in [0, 0.05) is 13.0 Å². The monoisotopic (exact) mass is 184 g/mol. The van der Waals surface area contributed by atoms with Crippen molar-refractivity contribution >= 4 is 5.71 Å². The normalized spacial score (nSPS) is 11.8. The number of hydrogen-bond donors (Lipinski definition) is 0. The van der Waals surface area contributed by atoms with Gasteiger partial charge in [0.1, 0.15) is 6.61 Å². The first-order valence-corrected chi connectivity index (χ1v) is 4.74. The molecule has 0 aliphatic heterocycles. The topological polar surface area (TPSA) is 24.8 Å². The van der Waals surface area contributed by atoms with E-state index >= 15 is 0 Å². The second-order valence-corrected chi connectivity index (χ2v) is 2.85. The Labute approximate surface area is 81.1 Å². The Morgan fingerprint density at radius 1 is 1.54 bits per heavy atom. The highest BCUT2D eigenvalue weighted by atomic mass is 16.6. The van der Waals surface area contributed by atoms with E-state index in [0.29, 0.717) is 6.61 Å². The molecule has 0 bridgehead atoms. The first kappa shape index (κ1) is 12.2. The van der Waals surface area contributed by atoms with Crippen molar-refractivity contribution < 1.29 is 4.84 Å². The third-order valence-corrected chi connectivity index (χ3v) is 1.84. The second kappa shape index (κ2) is 7.80. The van der Waals surface area contributed by atoms with Gasteiger partial charge in [0.2, 0.25) is 0 Å². The molecule has 0 fully saturated rings. The molecule has 0 aromatic heterocycles. The van der Waals surface area contributed by atoms with Crippen LogP contribution < -0.4 is 0 Å². The number of nitrogens with zero attached hydrogens (tertiary/aromatic N) is 2. The van der Waals surface area contributed by atoms with Crippen LogP contribution in [0.15, 0.2) is 17.8 Å². The van der Waals surface area contributed by atoms with Crippen LogP contribution in [0, 0.1) is 0 Å². The van der Waals surface area contributed by atoms with Crippen LogP contribution in [0.5, 0.6) is 0 Å². The van der Waals surface area contributed by atoms with Crippen LogP contribution in [0.1, 0.15) is 20.3 Å². The maximum absolute atomic E-state index is 4.95. The number of hydrogen-bond acceptors (Lipinski definition) is 3. The molecule has 0 aliphatic carbocycles. The van der Waals surface area contributed by atoms with Gasteiger partial charge in [-0.2, -0.15) is 0 Å². The zero-order chi connectivity index (χ0) is 10.1. The smallest absolute Gasteiger partial charge is 0.114 e. The summed E-state index contributed by atoms with van der Waals surface area (Å²) in [6, 6.07) is 0. The highest BCUT2D eigenvalue weighted by Crippen LogP contribution is 1.93. The molecule has 0 radical (unpaired) electrons. The largest absolute Gasteiger partial charge is 0.396 e. The molecule has 3 nitrogen and oxygen atoms in total. The zero-order valence-electron chi connectivity index (χ0n) is 8.92. The summed E-state index contributed by atoms with van der Waals surface area (Å²) in [6.07, 6.45) is 2.65. The first-order valence-electron chi connectivity index (χ1n) is 4.74. The van der Waals surface area contributed by atoms with E-state index in [-0.39, 0.29) is 0 Å². The molecule has 0 aromatic rings. The molecule has 3 heteroatoms. The molecule has 0 spiro atoms. The van der Waals surface area contributed by atoms with Crippen molar-refractivity contribution in [2.24, 2.45) is 5.16 Å². The average Bonchev–Trinajstić information content (AvgIpc) is 2.17. The first-order chi connectivity index (χ1) is 6.24.